The average Bonchev–Trinajstić information content (AvgIpc) is 3.11. The highest BCUT2D eigenvalue weighted by molar-refractivity contribution is 7.14. The van der Waals surface area contributed by atoms with E-state index in [0.29, 0.717) is 34.5 Å². The summed E-state index contributed by atoms with van der Waals surface area (Å²) in [6.07, 6.45) is 0.828. The van der Waals surface area contributed by atoms with Crippen LogP contribution in [0.25, 0.3) is 0 Å². The molecule has 0 atom stereocenters. The molecule has 2 aromatic carbocycles. The first-order valence-electron chi connectivity index (χ1n) is 8.77. The van der Waals surface area contributed by atoms with Crippen molar-refractivity contribution in [2.75, 3.05) is 17.2 Å². The summed E-state index contributed by atoms with van der Waals surface area (Å²) < 4.78 is 12.9. The number of anilines is 2. The van der Waals surface area contributed by atoms with Crippen molar-refractivity contribution >= 4 is 45.7 Å². The molecule has 1 aromatic heterocycles. The number of amides is 3. The van der Waals surface area contributed by atoms with Crippen LogP contribution in [0, 0.1) is 5.82 Å². The quantitative estimate of drug-likeness (QED) is 0.514. The van der Waals surface area contributed by atoms with E-state index in [1.807, 2.05) is 24.3 Å². The number of carbonyl (C=O) groups is 2. The van der Waals surface area contributed by atoms with Gasteiger partial charge in [-0.25, -0.2) is 14.2 Å². The molecule has 1 heterocycles. The van der Waals surface area contributed by atoms with Crippen molar-refractivity contribution in [2.24, 2.45) is 0 Å². The lowest BCUT2D eigenvalue weighted by molar-refractivity contribution is -0.120. The van der Waals surface area contributed by atoms with Crippen molar-refractivity contribution < 1.29 is 14.0 Å². The van der Waals surface area contributed by atoms with Crippen molar-refractivity contribution in [1.82, 2.24) is 10.3 Å². The van der Waals surface area contributed by atoms with Gasteiger partial charge in [-0.2, -0.15) is 0 Å². The summed E-state index contributed by atoms with van der Waals surface area (Å²) in [6, 6.07) is 12.4. The SMILES string of the molecule is O=C(Cc1csc(NC(=O)Nc2ccc(F)cc2)n1)NCCc1ccc(Cl)cc1. The molecule has 0 saturated carbocycles. The first-order chi connectivity index (χ1) is 14.0. The molecule has 3 rings (SSSR count). The zero-order chi connectivity index (χ0) is 20.6. The van der Waals surface area contributed by atoms with E-state index in [1.165, 1.54) is 35.6 Å². The molecule has 29 heavy (non-hydrogen) atoms. The first-order valence-corrected chi connectivity index (χ1v) is 10.0. The molecular weight excluding hydrogens is 415 g/mol. The van der Waals surface area contributed by atoms with Gasteiger partial charge in [0.15, 0.2) is 5.13 Å². The molecule has 0 unspecified atom stereocenters. The molecule has 6 nitrogen and oxygen atoms in total. The van der Waals surface area contributed by atoms with E-state index in [-0.39, 0.29) is 18.1 Å². The Morgan fingerprint density at radius 1 is 1.03 bits per heavy atom. The molecule has 0 aliphatic carbocycles. The highest BCUT2D eigenvalue weighted by Crippen LogP contribution is 2.17. The van der Waals surface area contributed by atoms with Crippen LogP contribution in [-0.2, 0) is 17.6 Å². The molecule has 0 fully saturated rings. The van der Waals surface area contributed by atoms with Gasteiger partial charge in [-0.05, 0) is 48.4 Å². The van der Waals surface area contributed by atoms with Crippen LogP contribution < -0.4 is 16.0 Å². The topological polar surface area (TPSA) is 83.1 Å². The van der Waals surface area contributed by atoms with E-state index < -0.39 is 6.03 Å². The predicted octanol–water partition coefficient (Wildman–Crippen LogP) is 4.48. The van der Waals surface area contributed by atoms with Gasteiger partial charge >= 0.3 is 6.03 Å². The van der Waals surface area contributed by atoms with Gasteiger partial charge in [0.25, 0.3) is 0 Å². The van der Waals surface area contributed by atoms with Crippen molar-refractivity contribution in [3.05, 3.63) is 76.0 Å². The van der Waals surface area contributed by atoms with Gasteiger partial charge in [0, 0.05) is 22.6 Å². The number of hydrogen-bond acceptors (Lipinski definition) is 4. The smallest absolute Gasteiger partial charge is 0.325 e. The van der Waals surface area contributed by atoms with Gasteiger partial charge in [-0.1, -0.05) is 23.7 Å². The second-order valence-corrected chi connectivity index (χ2v) is 7.43. The molecule has 150 valence electrons. The van der Waals surface area contributed by atoms with E-state index in [1.54, 1.807) is 5.38 Å². The van der Waals surface area contributed by atoms with Crippen LogP contribution in [-0.4, -0.2) is 23.5 Å². The number of halogens is 2. The van der Waals surface area contributed by atoms with Crippen LogP contribution in [0.15, 0.2) is 53.9 Å². The number of thiazole rings is 1. The number of nitrogens with one attached hydrogen (secondary N) is 3. The van der Waals surface area contributed by atoms with Crippen LogP contribution in [0.2, 0.25) is 5.02 Å². The minimum atomic E-state index is -0.495. The van der Waals surface area contributed by atoms with Gasteiger partial charge in [-0.15, -0.1) is 11.3 Å². The number of urea groups is 1. The number of benzene rings is 2. The molecule has 0 aliphatic heterocycles. The van der Waals surface area contributed by atoms with E-state index in [9.17, 15) is 14.0 Å². The molecule has 0 bridgehead atoms. The van der Waals surface area contributed by atoms with Crippen LogP contribution in [0.3, 0.4) is 0 Å². The molecule has 0 saturated heterocycles. The van der Waals surface area contributed by atoms with Gasteiger partial charge in [0.05, 0.1) is 12.1 Å². The minimum absolute atomic E-state index is 0.123. The predicted molar refractivity (Wildman–Crippen MR) is 113 cm³/mol. The lowest BCUT2D eigenvalue weighted by Crippen LogP contribution is -2.27. The fourth-order valence-electron chi connectivity index (χ4n) is 2.46. The van der Waals surface area contributed by atoms with Gasteiger partial charge in [-0.3, -0.25) is 10.1 Å². The number of nitrogens with zero attached hydrogens (tertiary/aromatic N) is 1. The summed E-state index contributed by atoms with van der Waals surface area (Å²) in [5.41, 5.74) is 2.11. The second-order valence-electron chi connectivity index (χ2n) is 6.13. The Hall–Kier alpha value is -2.97. The Morgan fingerprint density at radius 2 is 1.76 bits per heavy atom. The fourth-order valence-corrected chi connectivity index (χ4v) is 3.29. The Morgan fingerprint density at radius 3 is 2.48 bits per heavy atom. The van der Waals surface area contributed by atoms with Crippen molar-refractivity contribution in [2.45, 2.75) is 12.8 Å². The third-order valence-corrected chi connectivity index (χ3v) is 4.92. The third-order valence-electron chi connectivity index (χ3n) is 3.87. The molecule has 3 amide bonds. The molecule has 3 aromatic rings. The number of aromatic nitrogens is 1. The molecule has 0 radical (unpaired) electrons. The minimum Gasteiger partial charge on any atom is -0.355 e. The Bertz CT molecular complexity index is 977. The van der Waals surface area contributed by atoms with Crippen LogP contribution >= 0.6 is 22.9 Å². The summed E-state index contributed by atoms with van der Waals surface area (Å²) in [5, 5.41) is 10.8. The maximum absolute atomic E-state index is 12.9. The highest BCUT2D eigenvalue weighted by atomic mass is 35.5. The Labute approximate surface area is 176 Å². The molecule has 3 N–H and O–H groups in total. The average molecular weight is 433 g/mol. The third kappa shape index (κ3) is 6.85. The van der Waals surface area contributed by atoms with Gasteiger partial charge in [0.1, 0.15) is 5.82 Å². The van der Waals surface area contributed by atoms with E-state index in [0.717, 1.165) is 5.56 Å². The second kappa shape index (κ2) is 9.99. The zero-order valence-electron chi connectivity index (χ0n) is 15.2. The number of carbonyl (C=O) groups excluding carboxylic acids is 2. The zero-order valence-corrected chi connectivity index (χ0v) is 16.8. The lowest BCUT2D eigenvalue weighted by Gasteiger charge is -2.05. The van der Waals surface area contributed by atoms with Crippen molar-refractivity contribution in [1.29, 1.82) is 0 Å². The van der Waals surface area contributed by atoms with Gasteiger partial charge in [0.2, 0.25) is 5.91 Å². The first kappa shape index (κ1) is 20.8. The maximum Gasteiger partial charge on any atom is 0.325 e. The summed E-state index contributed by atoms with van der Waals surface area (Å²) >= 11 is 7.07. The Balaban J connectivity index is 1.41. The van der Waals surface area contributed by atoms with Crippen molar-refractivity contribution in [3.8, 4) is 0 Å². The van der Waals surface area contributed by atoms with Crippen LogP contribution in [0.1, 0.15) is 11.3 Å². The van der Waals surface area contributed by atoms with Crippen LogP contribution in [0.4, 0.5) is 20.0 Å². The molecule has 0 aliphatic rings. The lowest BCUT2D eigenvalue weighted by atomic mass is 10.1. The summed E-state index contributed by atoms with van der Waals surface area (Å²) in [4.78, 5) is 28.3. The van der Waals surface area contributed by atoms with E-state index in [4.69, 9.17) is 11.6 Å². The van der Waals surface area contributed by atoms with E-state index >= 15 is 0 Å². The number of rotatable bonds is 7. The van der Waals surface area contributed by atoms with Gasteiger partial charge < -0.3 is 10.6 Å². The Kier molecular flexibility index (Phi) is 7.15. The largest absolute Gasteiger partial charge is 0.355 e. The standard InChI is InChI=1S/C20H18ClFN4O2S/c21-14-3-1-13(2-4-14)9-10-23-18(27)11-17-12-29-20(25-17)26-19(28)24-16-7-5-15(22)6-8-16/h1-8,12H,9-11H2,(H,23,27)(H2,24,25,26,28). The molecule has 0 spiro atoms. The maximum atomic E-state index is 12.9. The normalized spacial score (nSPS) is 10.4. The fraction of sp³-hybridized carbons (Fsp3) is 0.150. The monoisotopic (exact) mass is 432 g/mol. The molecular formula is C20H18ClFN4O2S. The molecule has 9 heteroatoms. The summed E-state index contributed by atoms with van der Waals surface area (Å²) in [5.74, 6) is -0.529. The van der Waals surface area contributed by atoms with Crippen molar-refractivity contribution in [3.63, 3.8) is 0 Å². The number of hydrogen-bond donors (Lipinski definition) is 3. The van der Waals surface area contributed by atoms with Crippen LogP contribution in [0.5, 0.6) is 0 Å². The summed E-state index contributed by atoms with van der Waals surface area (Å²) in [6.45, 7) is 0.510. The highest BCUT2D eigenvalue weighted by Gasteiger charge is 2.10. The van der Waals surface area contributed by atoms with E-state index in [2.05, 4.69) is 20.9 Å². The summed E-state index contributed by atoms with van der Waals surface area (Å²) in [7, 11) is 0.